The Kier molecular flexibility index (Phi) is 3.84. The number of pyridine rings is 1. The molecule has 2 aliphatic rings. The van der Waals surface area contributed by atoms with Gasteiger partial charge in [0.1, 0.15) is 5.82 Å². The normalized spacial score (nSPS) is 21.8. The predicted molar refractivity (Wildman–Crippen MR) is 110 cm³/mol. The molecule has 2 fully saturated rings. The molecule has 0 atom stereocenters. The van der Waals surface area contributed by atoms with Crippen molar-refractivity contribution in [2.45, 2.75) is 50.6 Å². The number of carbonyl (C=O) groups is 1. The van der Waals surface area contributed by atoms with Gasteiger partial charge < -0.3 is 19.6 Å². The minimum atomic E-state index is -0.993. The molecule has 0 bridgehead atoms. The molecule has 8 heteroatoms. The Morgan fingerprint density at radius 1 is 1.29 bits per heavy atom. The third kappa shape index (κ3) is 2.50. The summed E-state index contributed by atoms with van der Waals surface area (Å²) in [5.41, 5.74) is 3.43. The minimum Gasteiger partial charge on any atom is -0.465 e. The van der Waals surface area contributed by atoms with Crippen LogP contribution in [0.15, 0.2) is 21.4 Å². The number of imidazole rings is 1. The Bertz CT molecular complexity index is 1200. The van der Waals surface area contributed by atoms with Crippen molar-refractivity contribution in [3.05, 3.63) is 38.3 Å². The molecule has 2 heterocycles. The van der Waals surface area contributed by atoms with E-state index in [4.69, 9.17) is 10.1 Å². The second kappa shape index (κ2) is 6.07. The van der Waals surface area contributed by atoms with E-state index in [9.17, 15) is 9.59 Å². The molecule has 2 aliphatic carbocycles. The van der Waals surface area contributed by atoms with Gasteiger partial charge in [0.2, 0.25) is 0 Å². The van der Waals surface area contributed by atoms with Crippen molar-refractivity contribution >= 4 is 44.0 Å². The SMILES string of the molecule is Cc1c(Br)ccc2c3c(nc(C4CC(NC(=O)O)C4)n3C)c(=O)n(C3CC3)c12. The molecule has 1 aromatic carbocycles. The van der Waals surface area contributed by atoms with Gasteiger partial charge in [-0.2, -0.15) is 0 Å². The summed E-state index contributed by atoms with van der Waals surface area (Å²) < 4.78 is 4.96. The Morgan fingerprint density at radius 3 is 2.64 bits per heavy atom. The van der Waals surface area contributed by atoms with Crippen molar-refractivity contribution in [1.29, 1.82) is 0 Å². The van der Waals surface area contributed by atoms with Gasteiger partial charge in [-0.3, -0.25) is 4.79 Å². The van der Waals surface area contributed by atoms with Crippen LogP contribution >= 0.6 is 15.9 Å². The first-order chi connectivity index (χ1) is 13.4. The monoisotopic (exact) mass is 444 g/mol. The number of amides is 1. The fraction of sp³-hybridized carbons (Fsp3) is 0.450. The largest absolute Gasteiger partial charge is 0.465 e. The van der Waals surface area contributed by atoms with E-state index in [-0.39, 0.29) is 23.6 Å². The highest BCUT2D eigenvalue weighted by Crippen LogP contribution is 2.41. The maximum absolute atomic E-state index is 13.4. The highest BCUT2D eigenvalue weighted by molar-refractivity contribution is 9.10. The van der Waals surface area contributed by atoms with E-state index in [1.54, 1.807) is 0 Å². The summed E-state index contributed by atoms with van der Waals surface area (Å²) in [7, 11) is 1.96. The predicted octanol–water partition coefficient (Wildman–Crippen LogP) is 3.81. The first-order valence-corrected chi connectivity index (χ1v) is 10.3. The lowest BCUT2D eigenvalue weighted by atomic mass is 9.79. The highest BCUT2D eigenvalue weighted by Gasteiger charge is 2.36. The second-order valence-electron chi connectivity index (χ2n) is 8.02. The molecule has 2 N–H and O–H groups in total. The summed E-state index contributed by atoms with van der Waals surface area (Å²) in [6.45, 7) is 2.04. The van der Waals surface area contributed by atoms with Crippen molar-refractivity contribution in [3.63, 3.8) is 0 Å². The molecular weight excluding hydrogens is 424 g/mol. The van der Waals surface area contributed by atoms with Gasteiger partial charge in [-0.15, -0.1) is 0 Å². The second-order valence-corrected chi connectivity index (χ2v) is 8.87. The molecule has 0 radical (unpaired) electrons. The molecule has 0 spiro atoms. The van der Waals surface area contributed by atoms with Crippen molar-refractivity contribution < 1.29 is 9.90 Å². The Labute approximate surface area is 169 Å². The fourth-order valence-corrected chi connectivity index (χ4v) is 4.85. The van der Waals surface area contributed by atoms with E-state index in [0.29, 0.717) is 18.4 Å². The molecule has 0 aliphatic heterocycles. The number of nitrogens with zero attached hydrogens (tertiary/aromatic N) is 3. The van der Waals surface area contributed by atoms with Gasteiger partial charge in [-0.25, -0.2) is 9.78 Å². The van der Waals surface area contributed by atoms with Gasteiger partial charge in [0.25, 0.3) is 5.56 Å². The highest BCUT2D eigenvalue weighted by atomic mass is 79.9. The van der Waals surface area contributed by atoms with E-state index in [2.05, 4.69) is 27.3 Å². The summed E-state index contributed by atoms with van der Waals surface area (Å²) in [6, 6.07) is 4.31. The summed E-state index contributed by atoms with van der Waals surface area (Å²) in [6.07, 6.45) is 2.48. The number of fused-ring (bicyclic) bond motifs is 3. The van der Waals surface area contributed by atoms with E-state index >= 15 is 0 Å². The van der Waals surface area contributed by atoms with Gasteiger partial charge in [-0.05, 0) is 50.3 Å². The standard InChI is InChI=1S/C20H21BrN4O3/c1-9-14(21)6-5-13-16(9)25(12-3-4-12)19(26)15-17(13)24(2)18(23-15)10-7-11(8-10)22-20(27)28/h5-6,10-12,22H,3-4,7-8H2,1-2H3,(H,27,28). The molecule has 0 unspecified atom stereocenters. The smallest absolute Gasteiger partial charge is 0.404 e. The number of hydrogen-bond acceptors (Lipinski definition) is 3. The molecule has 2 saturated carbocycles. The number of carboxylic acid groups (broad SMARTS) is 1. The maximum Gasteiger partial charge on any atom is 0.404 e. The first-order valence-electron chi connectivity index (χ1n) is 9.56. The van der Waals surface area contributed by atoms with Gasteiger partial charge in [0.05, 0.1) is 11.0 Å². The van der Waals surface area contributed by atoms with Crippen molar-refractivity contribution in [2.75, 3.05) is 0 Å². The number of hydrogen-bond donors (Lipinski definition) is 2. The van der Waals surface area contributed by atoms with Gasteiger partial charge in [0.15, 0.2) is 5.52 Å². The lowest BCUT2D eigenvalue weighted by molar-refractivity contribution is 0.176. The number of halogens is 1. The van der Waals surface area contributed by atoms with Gasteiger partial charge in [-0.1, -0.05) is 15.9 Å². The third-order valence-corrected chi connectivity index (χ3v) is 7.01. The summed E-state index contributed by atoms with van der Waals surface area (Å²) >= 11 is 3.61. The quantitative estimate of drug-likeness (QED) is 0.642. The Morgan fingerprint density at radius 2 is 2.00 bits per heavy atom. The number of benzene rings is 1. The number of rotatable bonds is 3. The number of aryl methyl sites for hydroxylation is 2. The van der Waals surface area contributed by atoms with E-state index in [1.807, 2.05) is 29.2 Å². The molecule has 7 nitrogen and oxygen atoms in total. The Hall–Kier alpha value is -2.35. The van der Waals surface area contributed by atoms with Crippen LogP contribution in [0.1, 0.15) is 49.0 Å². The van der Waals surface area contributed by atoms with Crippen LogP contribution < -0.4 is 10.9 Å². The number of aromatic nitrogens is 3. The van der Waals surface area contributed by atoms with E-state index in [1.165, 1.54) is 0 Å². The third-order valence-electron chi connectivity index (χ3n) is 6.15. The molecule has 5 rings (SSSR count). The van der Waals surface area contributed by atoms with Crippen molar-refractivity contribution in [3.8, 4) is 0 Å². The summed E-state index contributed by atoms with van der Waals surface area (Å²) in [5.74, 6) is 1.03. The molecule has 2 aromatic heterocycles. The van der Waals surface area contributed by atoms with Crippen molar-refractivity contribution in [1.82, 2.24) is 19.4 Å². The topological polar surface area (TPSA) is 89.2 Å². The summed E-state index contributed by atoms with van der Waals surface area (Å²) in [5, 5.41) is 12.5. The zero-order valence-electron chi connectivity index (χ0n) is 15.7. The van der Waals surface area contributed by atoms with Crippen LogP contribution in [0, 0.1) is 6.92 Å². The van der Waals surface area contributed by atoms with Gasteiger partial charge in [0, 0.05) is 34.9 Å². The lowest BCUT2D eigenvalue weighted by Crippen LogP contribution is -2.43. The number of nitrogens with one attached hydrogen (secondary N) is 1. The zero-order chi connectivity index (χ0) is 19.7. The average Bonchev–Trinajstić information content (AvgIpc) is 3.38. The Balaban J connectivity index is 1.71. The lowest BCUT2D eigenvalue weighted by Gasteiger charge is -2.34. The van der Waals surface area contributed by atoms with Crippen LogP contribution in [-0.4, -0.2) is 31.4 Å². The van der Waals surface area contributed by atoms with Crippen LogP contribution in [0.5, 0.6) is 0 Å². The summed E-state index contributed by atoms with van der Waals surface area (Å²) in [4.78, 5) is 29.0. The maximum atomic E-state index is 13.4. The molecule has 146 valence electrons. The molecule has 0 saturated heterocycles. The van der Waals surface area contributed by atoms with Crippen LogP contribution in [0.2, 0.25) is 0 Å². The van der Waals surface area contributed by atoms with E-state index in [0.717, 1.165) is 45.1 Å². The fourth-order valence-electron chi connectivity index (χ4n) is 4.53. The van der Waals surface area contributed by atoms with Crippen LogP contribution in [-0.2, 0) is 7.05 Å². The van der Waals surface area contributed by atoms with Crippen molar-refractivity contribution in [2.24, 2.45) is 7.05 Å². The molecule has 1 amide bonds. The first kappa shape index (κ1) is 17.7. The average molecular weight is 445 g/mol. The minimum absolute atomic E-state index is 0.0208. The molecular formula is C20H21BrN4O3. The molecule has 28 heavy (non-hydrogen) atoms. The van der Waals surface area contributed by atoms with Gasteiger partial charge >= 0.3 is 6.09 Å². The van der Waals surface area contributed by atoms with E-state index < -0.39 is 6.09 Å². The zero-order valence-corrected chi connectivity index (χ0v) is 17.3. The molecule has 3 aromatic rings. The van der Waals surface area contributed by atoms with Crippen LogP contribution in [0.4, 0.5) is 4.79 Å². The van der Waals surface area contributed by atoms with Crippen LogP contribution in [0.3, 0.4) is 0 Å². The van der Waals surface area contributed by atoms with Crippen LogP contribution in [0.25, 0.3) is 21.9 Å².